The molecule has 6 aromatic carbocycles. The number of thioether (sulfide) groups is 1. The van der Waals surface area contributed by atoms with Crippen molar-refractivity contribution < 1.29 is 0 Å². The molecule has 0 saturated heterocycles. The number of aromatic nitrogens is 1. The zero-order valence-corrected chi connectivity index (χ0v) is 25.2. The summed E-state index contributed by atoms with van der Waals surface area (Å²) in [6, 6.07) is 52.6. The second-order valence-corrected chi connectivity index (χ2v) is 12.5. The quantitative estimate of drug-likeness (QED) is 0.218. The van der Waals surface area contributed by atoms with Gasteiger partial charge in [-0.05, 0) is 92.5 Å². The van der Waals surface area contributed by atoms with E-state index in [1.54, 1.807) is 0 Å². The van der Waals surface area contributed by atoms with Crippen molar-refractivity contribution >= 4 is 28.2 Å². The van der Waals surface area contributed by atoms with Crippen molar-refractivity contribution in [1.82, 2.24) is 4.98 Å². The van der Waals surface area contributed by atoms with Gasteiger partial charge in [-0.25, -0.2) is 0 Å². The van der Waals surface area contributed by atoms with Crippen molar-refractivity contribution in [3.8, 4) is 44.6 Å². The first kappa shape index (κ1) is 26.5. The smallest absolute Gasteiger partial charge is 0.103 e. The summed E-state index contributed by atoms with van der Waals surface area (Å²) in [5.41, 5.74) is 13.3. The minimum Gasteiger partial charge on any atom is -0.368 e. The molecule has 1 aromatic heterocycles. The van der Waals surface area contributed by atoms with Crippen LogP contribution >= 0.6 is 11.8 Å². The van der Waals surface area contributed by atoms with E-state index in [0.29, 0.717) is 0 Å². The number of aryl methyl sites for hydroxylation is 1. The first-order chi connectivity index (χ1) is 21.7. The van der Waals surface area contributed by atoms with Gasteiger partial charge in [-0.15, -0.1) is 0 Å². The molecule has 2 heterocycles. The van der Waals surface area contributed by atoms with E-state index in [4.69, 9.17) is 0 Å². The summed E-state index contributed by atoms with van der Waals surface area (Å²) in [5, 5.41) is 6.42. The van der Waals surface area contributed by atoms with Gasteiger partial charge in [-0.3, -0.25) is 4.98 Å². The maximum Gasteiger partial charge on any atom is 0.103 e. The van der Waals surface area contributed by atoms with Gasteiger partial charge in [0, 0.05) is 22.3 Å². The highest BCUT2D eigenvalue weighted by Gasteiger charge is 2.22. The van der Waals surface area contributed by atoms with Gasteiger partial charge in [-0.1, -0.05) is 127 Å². The Labute approximate surface area is 262 Å². The summed E-state index contributed by atoms with van der Waals surface area (Å²) < 4.78 is 0. The molecule has 1 aliphatic rings. The van der Waals surface area contributed by atoms with Crippen LogP contribution in [0.2, 0.25) is 0 Å². The second kappa shape index (κ2) is 11.2. The lowest BCUT2D eigenvalue weighted by molar-refractivity contribution is 1.13. The molecule has 1 atom stereocenters. The fraction of sp³-hybridized carbons (Fsp3) is 0.0488. The van der Waals surface area contributed by atoms with Gasteiger partial charge in [0.1, 0.15) is 5.37 Å². The third-order valence-corrected chi connectivity index (χ3v) is 9.67. The lowest BCUT2D eigenvalue weighted by Gasteiger charge is -2.15. The Balaban J connectivity index is 1.12. The number of anilines is 1. The number of hydrogen-bond acceptors (Lipinski definition) is 3. The largest absolute Gasteiger partial charge is 0.368 e. The maximum absolute atomic E-state index is 4.50. The third-order valence-electron chi connectivity index (χ3n) is 8.43. The van der Waals surface area contributed by atoms with Gasteiger partial charge in [0.05, 0.1) is 5.69 Å². The van der Waals surface area contributed by atoms with Crippen molar-refractivity contribution in [2.24, 2.45) is 0 Å². The van der Waals surface area contributed by atoms with E-state index in [1.165, 1.54) is 65.9 Å². The standard InChI is InChI=1S/C41H30N2S/c1-27-24-32(28-13-17-30(18-14-28)38-10-6-7-23-42-38)26-33(25-27)35-22-21-34(36-8-2-3-9-37(35)36)29-15-19-31(20-16-29)41-43-39-11-4-5-12-40(39)44-41/h2-26,41,43H,1H3. The van der Waals surface area contributed by atoms with Crippen LogP contribution in [0.5, 0.6) is 0 Å². The highest BCUT2D eigenvalue weighted by atomic mass is 32.2. The van der Waals surface area contributed by atoms with Crippen LogP contribution in [0, 0.1) is 6.92 Å². The van der Waals surface area contributed by atoms with Crippen LogP contribution in [0.3, 0.4) is 0 Å². The van der Waals surface area contributed by atoms with Crippen LogP contribution in [0.4, 0.5) is 5.69 Å². The van der Waals surface area contributed by atoms with Crippen molar-refractivity contribution in [1.29, 1.82) is 0 Å². The summed E-state index contributed by atoms with van der Waals surface area (Å²) in [6.07, 6.45) is 1.84. The number of nitrogens with one attached hydrogen (secondary N) is 1. The highest BCUT2D eigenvalue weighted by Crippen LogP contribution is 2.46. The molecule has 3 heteroatoms. The van der Waals surface area contributed by atoms with Crippen molar-refractivity contribution in [3.05, 3.63) is 163 Å². The molecule has 0 spiro atoms. The summed E-state index contributed by atoms with van der Waals surface area (Å²) in [5.74, 6) is 0. The monoisotopic (exact) mass is 582 g/mol. The molecule has 8 rings (SSSR count). The Hall–Kier alpha value is -5.12. The van der Waals surface area contributed by atoms with E-state index in [1.807, 2.05) is 36.2 Å². The van der Waals surface area contributed by atoms with Crippen molar-refractivity contribution in [2.45, 2.75) is 17.2 Å². The van der Waals surface area contributed by atoms with Crippen LogP contribution in [-0.2, 0) is 0 Å². The molecule has 0 bridgehead atoms. The first-order valence-corrected chi connectivity index (χ1v) is 15.9. The predicted molar refractivity (Wildman–Crippen MR) is 187 cm³/mol. The molecular formula is C41H30N2S. The Morgan fingerprint density at radius 1 is 0.545 bits per heavy atom. The zero-order chi connectivity index (χ0) is 29.5. The summed E-state index contributed by atoms with van der Waals surface area (Å²) >= 11 is 1.88. The minimum absolute atomic E-state index is 0.238. The van der Waals surface area contributed by atoms with Crippen molar-refractivity contribution in [2.75, 3.05) is 5.32 Å². The SMILES string of the molecule is Cc1cc(-c2ccc(-c3ccccn3)cc2)cc(-c2ccc(-c3ccc(C4Nc5ccccc5S4)cc3)c3ccccc23)c1. The third kappa shape index (κ3) is 4.96. The Morgan fingerprint density at radius 3 is 1.91 bits per heavy atom. The predicted octanol–water partition coefficient (Wildman–Crippen LogP) is 11.4. The van der Waals surface area contributed by atoms with E-state index in [-0.39, 0.29) is 5.37 Å². The van der Waals surface area contributed by atoms with E-state index < -0.39 is 0 Å². The van der Waals surface area contributed by atoms with Crippen LogP contribution in [0.25, 0.3) is 55.4 Å². The molecule has 0 amide bonds. The summed E-state index contributed by atoms with van der Waals surface area (Å²) in [4.78, 5) is 5.81. The van der Waals surface area contributed by atoms with E-state index in [9.17, 15) is 0 Å². The molecule has 1 aliphatic heterocycles. The number of nitrogens with zero attached hydrogens (tertiary/aromatic N) is 1. The first-order valence-electron chi connectivity index (χ1n) is 15.0. The van der Waals surface area contributed by atoms with Crippen LogP contribution in [0.1, 0.15) is 16.5 Å². The second-order valence-electron chi connectivity index (χ2n) is 11.3. The fourth-order valence-electron chi connectivity index (χ4n) is 6.25. The zero-order valence-electron chi connectivity index (χ0n) is 24.4. The molecule has 44 heavy (non-hydrogen) atoms. The number of hydrogen-bond donors (Lipinski definition) is 1. The molecule has 0 radical (unpaired) electrons. The number of pyridine rings is 1. The number of para-hydroxylation sites is 1. The average molecular weight is 583 g/mol. The number of benzene rings is 6. The Kier molecular flexibility index (Phi) is 6.74. The van der Waals surface area contributed by atoms with E-state index in [0.717, 1.165) is 11.3 Å². The van der Waals surface area contributed by atoms with Crippen molar-refractivity contribution in [3.63, 3.8) is 0 Å². The van der Waals surface area contributed by atoms with E-state index >= 15 is 0 Å². The maximum atomic E-state index is 4.50. The van der Waals surface area contributed by atoms with Crippen LogP contribution in [-0.4, -0.2) is 4.98 Å². The lowest BCUT2D eigenvalue weighted by Crippen LogP contribution is -2.00. The topological polar surface area (TPSA) is 24.9 Å². The molecule has 2 nitrogen and oxygen atoms in total. The average Bonchev–Trinajstić information content (AvgIpc) is 3.53. The normalized spacial score (nSPS) is 13.9. The van der Waals surface area contributed by atoms with Crippen LogP contribution < -0.4 is 5.32 Å². The summed E-state index contributed by atoms with van der Waals surface area (Å²) in [6.45, 7) is 2.18. The van der Waals surface area contributed by atoms with Gasteiger partial charge in [0.2, 0.25) is 0 Å². The van der Waals surface area contributed by atoms with E-state index in [2.05, 4.69) is 145 Å². The number of rotatable bonds is 5. The minimum atomic E-state index is 0.238. The van der Waals surface area contributed by atoms with Gasteiger partial charge >= 0.3 is 0 Å². The lowest BCUT2D eigenvalue weighted by atomic mass is 9.90. The Morgan fingerprint density at radius 2 is 1.18 bits per heavy atom. The van der Waals surface area contributed by atoms with Gasteiger partial charge in [0.25, 0.3) is 0 Å². The Bertz CT molecular complexity index is 2090. The van der Waals surface area contributed by atoms with Gasteiger partial charge < -0.3 is 5.32 Å². The fourth-order valence-corrected chi connectivity index (χ4v) is 7.39. The molecule has 7 aromatic rings. The molecule has 0 saturated carbocycles. The molecular weight excluding hydrogens is 553 g/mol. The molecule has 1 N–H and O–H groups in total. The van der Waals surface area contributed by atoms with Gasteiger partial charge in [-0.2, -0.15) is 0 Å². The summed E-state index contributed by atoms with van der Waals surface area (Å²) in [7, 11) is 0. The molecule has 210 valence electrons. The molecule has 0 aliphatic carbocycles. The highest BCUT2D eigenvalue weighted by molar-refractivity contribution is 8.00. The van der Waals surface area contributed by atoms with Crippen LogP contribution in [0.15, 0.2) is 157 Å². The number of fused-ring (bicyclic) bond motifs is 2. The molecule has 1 unspecified atom stereocenters. The van der Waals surface area contributed by atoms with Gasteiger partial charge in [0.15, 0.2) is 0 Å². The molecule has 0 fully saturated rings.